The van der Waals surface area contributed by atoms with Crippen LogP contribution in [-0.4, -0.2) is 61.7 Å². The minimum absolute atomic E-state index is 0.00326. The number of benzene rings is 2. The fraction of sp³-hybridized carbons (Fsp3) is 0.250. The normalized spacial score (nSPS) is 14.3. The van der Waals surface area contributed by atoms with Gasteiger partial charge in [-0.05, 0) is 48.9 Å². The van der Waals surface area contributed by atoms with Gasteiger partial charge in [0.05, 0.1) is 11.4 Å². The van der Waals surface area contributed by atoms with Crippen molar-refractivity contribution in [1.82, 2.24) is 25.0 Å². The van der Waals surface area contributed by atoms with Crippen LogP contribution in [0.25, 0.3) is 28.1 Å². The molecule has 1 aliphatic rings. The molecule has 1 aliphatic heterocycles. The summed E-state index contributed by atoms with van der Waals surface area (Å²) in [5, 5.41) is 8.04. The largest absolute Gasteiger partial charge is 0.336 e. The molecule has 0 spiro atoms. The van der Waals surface area contributed by atoms with Crippen LogP contribution >= 0.6 is 0 Å². The van der Waals surface area contributed by atoms with E-state index in [4.69, 9.17) is 5.10 Å². The highest BCUT2D eigenvalue weighted by Gasteiger charge is 2.21. The third-order valence-corrected chi connectivity index (χ3v) is 7.58. The Hall–Kier alpha value is -3.89. The van der Waals surface area contributed by atoms with Crippen molar-refractivity contribution in [2.45, 2.75) is 13.3 Å². The van der Waals surface area contributed by atoms with Gasteiger partial charge < -0.3 is 14.9 Å². The van der Waals surface area contributed by atoms with E-state index >= 15 is 4.39 Å². The van der Waals surface area contributed by atoms with Gasteiger partial charge in [0, 0.05) is 72.8 Å². The molecule has 3 heterocycles. The molecule has 10 heteroatoms. The number of piperazine rings is 1. The van der Waals surface area contributed by atoms with Gasteiger partial charge in [0.15, 0.2) is 5.82 Å². The Labute approximate surface area is 223 Å². The van der Waals surface area contributed by atoms with Crippen LogP contribution in [0.2, 0.25) is 0 Å². The van der Waals surface area contributed by atoms with Crippen molar-refractivity contribution in [3.8, 4) is 28.1 Å². The lowest BCUT2D eigenvalue weighted by molar-refractivity contribution is 0.0736. The average molecular weight is 533 g/mol. The maximum atomic E-state index is 15.7. The topological polar surface area (TPSA) is 92.2 Å². The number of carbonyl (C=O) groups is 1. The number of hydrogen-bond acceptors (Lipinski definition) is 5. The lowest BCUT2D eigenvalue weighted by atomic mass is 10.0. The van der Waals surface area contributed by atoms with E-state index < -0.39 is 16.8 Å². The molecule has 0 bridgehead atoms. The first-order valence-electron chi connectivity index (χ1n) is 12.6. The van der Waals surface area contributed by atoms with Gasteiger partial charge in [-0.2, -0.15) is 5.10 Å². The second kappa shape index (κ2) is 11.7. The molecule has 4 aromatic rings. The molecule has 8 nitrogen and oxygen atoms in total. The van der Waals surface area contributed by atoms with Gasteiger partial charge in [0.1, 0.15) is 16.7 Å². The number of hydrogen-bond donors (Lipinski definition) is 2. The molecule has 196 valence electrons. The molecule has 2 aromatic heterocycles. The minimum atomic E-state index is -1.37. The maximum absolute atomic E-state index is 15.7. The predicted octanol–water partition coefficient (Wildman–Crippen LogP) is 4.27. The summed E-state index contributed by atoms with van der Waals surface area (Å²) in [4.78, 5) is 18.8. The summed E-state index contributed by atoms with van der Waals surface area (Å²) in [5.41, 5.74) is 3.82. The Morgan fingerprint density at radius 1 is 1.05 bits per heavy atom. The van der Waals surface area contributed by atoms with E-state index in [9.17, 15) is 9.00 Å². The number of anilines is 1. The van der Waals surface area contributed by atoms with Crippen molar-refractivity contribution in [1.29, 1.82) is 0 Å². The number of aromatic nitrogens is 3. The molecule has 1 unspecified atom stereocenters. The molecular weight excluding hydrogens is 503 g/mol. The Kier molecular flexibility index (Phi) is 7.90. The number of pyridine rings is 1. The summed E-state index contributed by atoms with van der Waals surface area (Å²) in [6.07, 6.45) is 5.82. The summed E-state index contributed by atoms with van der Waals surface area (Å²) >= 11 is 0. The van der Waals surface area contributed by atoms with Gasteiger partial charge in [-0.3, -0.25) is 9.78 Å². The molecule has 0 radical (unpaired) electrons. The lowest BCUT2D eigenvalue weighted by Crippen LogP contribution is -2.46. The highest BCUT2D eigenvalue weighted by atomic mass is 32.2. The monoisotopic (exact) mass is 532 g/mol. The van der Waals surface area contributed by atoms with E-state index in [1.807, 2.05) is 36.1 Å². The van der Waals surface area contributed by atoms with Crippen molar-refractivity contribution in [3.63, 3.8) is 0 Å². The lowest BCUT2D eigenvalue weighted by Gasteiger charge is -2.27. The number of nitrogens with one attached hydrogen (secondary N) is 2. The Morgan fingerprint density at radius 2 is 1.79 bits per heavy atom. The molecule has 1 amide bonds. The van der Waals surface area contributed by atoms with Gasteiger partial charge in [-0.1, -0.05) is 19.1 Å². The van der Waals surface area contributed by atoms with Crippen molar-refractivity contribution < 1.29 is 13.4 Å². The smallest absolute Gasteiger partial charge is 0.253 e. The van der Waals surface area contributed by atoms with E-state index in [1.165, 1.54) is 0 Å². The van der Waals surface area contributed by atoms with Crippen LogP contribution in [-0.2, 0) is 11.0 Å². The first kappa shape index (κ1) is 25.7. The zero-order chi connectivity index (χ0) is 26.5. The van der Waals surface area contributed by atoms with Gasteiger partial charge in [0.2, 0.25) is 0 Å². The zero-order valence-electron chi connectivity index (χ0n) is 21.1. The van der Waals surface area contributed by atoms with Crippen LogP contribution in [0.1, 0.15) is 23.7 Å². The third-order valence-electron chi connectivity index (χ3n) is 6.35. The van der Waals surface area contributed by atoms with Gasteiger partial charge >= 0.3 is 0 Å². The van der Waals surface area contributed by atoms with Crippen LogP contribution < -0.4 is 10.0 Å². The Balaban J connectivity index is 1.51. The summed E-state index contributed by atoms with van der Waals surface area (Å²) in [6, 6.07) is 15.9. The summed E-state index contributed by atoms with van der Waals surface area (Å²) in [6.45, 7) is 4.88. The molecule has 5 rings (SSSR count). The molecule has 1 fully saturated rings. The molecule has 0 saturated carbocycles. The quantitative estimate of drug-likeness (QED) is 0.354. The SMILES string of the molecule is CCCS(=O)Nc1cccc(-c2cn(-c3ccc(C(=O)N4CCNCC4)cc3)nc2-c2ccncc2)c1F. The summed E-state index contributed by atoms with van der Waals surface area (Å²) < 4.78 is 32.4. The van der Waals surface area contributed by atoms with E-state index in [0.717, 1.165) is 30.8 Å². The number of rotatable bonds is 8. The molecule has 38 heavy (non-hydrogen) atoms. The Bertz CT molecular complexity index is 1440. The maximum Gasteiger partial charge on any atom is 0.253 e. The fourth-order valence-corrected chi connectivity index (χ4v) is 5.29. The van der Waals surface area contributed by atoms with E-state index in [1.54, 1.807) is 53.6 Å². The second-order valence-electron chi connectivity index (χ2n) is 8.98. The van der Waals surface area contributed by atoms with Crippen LogP contribution in [0.15, 0.2) is 73.2 Å². The van der Waals surface area contributed by atoms with Gasteiger partial charge in [0.25, 0.3) is 5.91 Å². The van der Waals surface area contributed by atoms with Gasteiger partial charge in [-0.15, -0.1) is 0 Å². The van der Waals surface area contributed by atoms with E-state index in [2.05, 4.69) is 15.0 Å². The van der Waals surface area contributed by atoms with Crippen LogP contribution in [0.5, 0.6) is 0 Å². The Morgan fingerprint density at radius 3 is 2.50 bits per heavy atom. The highest BCUT2D eigenvalue weighted by molar-refractivity contribution is 7.86. The van der Waals surface area contributed by atoms with Crippen molar-refractivity contribution >= 4 is 22.6 Å². The molecule has 2 aromatic carbocycles. The average Bonchev–Trinajstić information content (AvgIpc) is 3.40. The standard InChI is InChI=1S/C28H29FN6O2S/c1-2-18-38(37)33-25-5-3-4-23(26(25)29)24-19-35(32-27(24)20-10-12-30-13-11-20)22-8-6-21(7-9-22)28(36)34-16-14-31-15-17-34/h3-13,19,31,33H,2,14-18H2,1H3. The van der Waals surface area contributed by atoms with Gasteiger partial charge in [-0.25, -0.2) is 13.3 Å². The van der Waals surface area contributed by atoms with E-state index in [0.29, 0.717) is 41.2 Å². The van der Waals surface area contributed by atoms with Crippen LogP contribution in [0, 0.1) is 5.82 Å². The third kappa shape index (κ3) is 5.51. The first-order valence-corrected chi connectivity index (χ1v) is 13.9. The van der Waals surface area contributed by atoms with Crippen molar-refractivity contribution in [2.75, 3.05) is 36.7 Å². The molecular formula is C28H29FN6O2S. The van der Waals surface area contributed by atoms with Crippen molar-refractivity contribution in [3.05, 3.63) is 84.6 Å². The predicted molar refractivity (Wildman–Crippen MR) is 148 cm³/mol. The molecule has 0 aliphatic carbocycles. The highest BCUT2D eigenvalue weighted by Crippen LogP contribution is 2.35. The van der Waals surface area contributed by atoms with Crippen molar-refractivity contribution in [2.24, 2.45) is 0 Å². The summed E-state index contributed by atoms with van der Waals surface area (Å²) in [7, 11) is -1.37. The second-order valence-corrected chi connectivity index (χ2v) is 10.3. The fourth-order valence-electron chi connectivity index (χ4n) is 4.41. The number of halogens is 1. The molecule has 1 atom stereocenters. The number of nitrogens with zero attached hydrogens (tertiary/aromatic N) is 4. The first-order chi connectivity index (χ1) is 18.5. The number of carbonyl (C=O) groups excluding carboxylic acids is 1. The molecule has 2 N–H and O–H groups in total. The van der Waals surface area contributed by atoms with Crippen LogP contribution in [0.4, 0.5) is 10.1 Å². The number of amides is 1. The summed E-state index contributed by atoms with van der Waals surface area (Å²) in [5.74, 6) is -0.0656. The molecule has 1 saturated heterocycles. The zero-order valence-corrected chi connectivity index (χ0v) is 21.9. The minimum Gasteiger partial charge on any atom is -0.336 e. The van der Waals surface area contributed by atoms with Crippen LogP contribution in [0.3, 0.4) is 0 Å². The van der Waals surface area contributed by atoms with E-state index in [-0.39, 0.29) is 11.6 Å².